The zero-order valence-electron chi connectivity index (χ0n) is 17.1. The molecule has 0 N–H and O–H groups in total. The number of nitrogens with zero attached hydrogens (tertiary/aromatic N) is 3. The minimum Gasteiger partial charge on any atom is -0.463 e. The molecule has 1 fully saturated rings. The van der Waals surface area contributed by atoms with E-state index in [0.29, 0.717) is 10.7 Å². The van der Waals surface area contributed by atoms with Crippen LogP contribution in [-0.2, 0) is 16.1 Å². The van der Waals surface area contributed by atoms with Gasteiger partial charge in [-0.3, -0.25) is 14.5 Å². The van der Waals surface area contributed by atoms with Crippen molar-refractivity contribution in [2.24, 2.45) is 0 Å². The number of methoxy groups -OCH3 is 1. The van der Waals surface area contributed by atoms with Crippen molar-refractivity contribution in [3.8, 4) is 5.82 Å². The normalized spacial score (nSPS) is 15.2. The smallest absolute Gasteiger partial charge is 0.373 e. The Bertz CT molecular complexity index is 1210. The quantitative estimate of drug-likeness (QED) is 0.438. The van der Waals surface area contributed by atoms with Crippen molar-refractivity contribution in [1.29, 1.82) is 0 Å². The van der Waals surface area contributed by atoms with E-state index in [1.165, 1.54) is 13.2 Å². The van der Waals surface area contributed by atoms with Crippen LogP contribution in [0.2, 0.25) is 0 Å². The number of hydrogen-bond donors (Lipinski definition) is 0. The average Bonchev–Trinajstić information content (AvgIpc) is 3.42. The number of carbonyl (C=O) groups excluding carboxylic acids is 3. The van der Waals surface area contributed by atoms with Gasteiger partial charge in [0.1, 0.15) is 11.6 Å². The Balaban J connectivity index is 1.58. The van der Waals surface area contributed by atoms with E-state index >= 15 is 0 Å². The van der Waals surface area contributed by atoms with Gasteiger partial charge in [-0.25, -0.2) is 9.78 Å². The maximum absolute atomic E-state index is 12.9. The summed E-state index contributed by atoms with van der Waals surface area (Å²) in [4.78, 5) is 42.6. The molecular formula is C22H19N3O5S. The van der Waals surface area contributed by atoms with E-state index in [-0.39, 0.29) is 12.3 Å². The summed E-state index contributed by atoms with van der Waals surface area (Å²) in [5.41, 5.74) is 2.71. The molecule has 4 heterocycles. The molecule has 2 amide bonds. The monoisotopic (exact) mass is 437 g/mol. The number of thioether (sulfide) groups is 1. The van der Waals surface area contributed by atoms with Crippen LogP contribution in [0.5, 0.6) is 0 Å². The first-order chi connectivity index (χ1) is 14.9. The standard InChI is InChI=1S/C22H19N3O5S/c1-13-10-15(14(2)25(13)19-6-4-5-9-23-19)11-18-20(26)24(22(28)31-18)12-16-7-8-17(30-16)21(27)29-3/h4-11H,12H2,1-3H3. The number of hydrogen-bond acceptors (Lipinski definition) is 7. The van der Waals surface area contributed by atoms with Crippen LogP contribution < -0.4 is 0 Å². The highest BCUT2D eigenvalue weighted by molar-refractivity contribution is 8.18. The maximum atomic E-state index is 12.9. The van der Waals surface area contributed by atoms with Gasteiger partial charge in [-0.2, -0.15) is 0 Å². The fourth-order valence-corrected chi connectivity index (χ4v) is 4.21. The first-order valence-corrected chi connectivity index (χ1v) is 10.2. The van der Waals surface area contributed by atoms with Gasteiger partial charge < -0.3 is 13.7 Å². The summed E-state index contributed by atoms with van der Waals surface area (Å²) in [6, 6.07) is 10.6. The van der Waals surface area contributed by atoms with Gasteiger partial charge in [-0.1, -0.05) is 6.07 Å². The van der Waals surface area contributed by atoms with Gasteiger partial charge in [0.15, 0.2) is 0 Å². The zero-order chi connectivity index (χ0) is 22.1. The number of rotatable bonds is 5. The van der Waals surface area contributed by atoms with Crippen molar-refractivity contribution < 1.29 is 23.5 Å². The Morgan fingerprint density at radius 1 is 1.23 bits per heavy atom. The van der Waals surface area contributed by atoms with Gasteiger partial charge in [0, 0.05) is 17.6 Å². The molecule has 31 heavy (non-hydrogen) atoms. The zero-order valence-corrected chi connectivity index (χ0v) is 17.9. The molecule has 0 saturated carbocycles. The molecule has 8 nitrogen and oxygen atoms in total. The third kappa shape index (κ3) is 3.91. The number of esters is 1. The van der Waals surface area contributed by atoms with Crippen LogP contribution in [0.1, 0.15) is 33.3 Å². The summed E-state index contributed by atoms with van der Waals surface area (Å²) in [6.45, 7) is 3.83. The van der Waals surface area contributed by atoms with E-state index in [1.54, 1.807) is 18.3 Å². The molecule has 0 atom stereocenters. The van der Waals surface area contributed by atoms with Crippen molar-refractivity contribution in [2.45, 2.75) is 20.4 Å². The second-order valence-electron chi connectivity index (χ2n) is 6.88. The molecule has 0 aliphatic carbocycles. The van der Waals surface area contributed by atoms with Crippen LogP contribution >= 0.6 is 11.8 Å². The fourth-order valence-electron chi connectivity index (χ4n) is 3.38. The molecule has 4 rings (SSSR count). The Morgan fingerprint density at radius 2 is 2.03 bits per heavy atom. The number of aromatic nitrogens is 2. The van der Waals surface area contributed by atoms with E-state index < -0.39 is 17.1 Å². The summed E-state index contributed by atoms with van der Waals surface area (Å²) in [6.07, 6.45) is 3.44. The van der Waals surface area contributed by atoms with Crippen LogP contribution in [0, 0.1) is 13.8 Å². The first-order valence-electron chi connectivity index (χ1n) is 9.41. The Kier molecular flexibility index (Phi) is 5.51. The SMILES string of the molecule is COC(=O)c1ccc(CN2C(=O)SC(=Cc3cc(C)n(-c4ccccn4)c3C)C2=O)o1. The van der Waals surface area contributed by atoms with Gasteiger partial charge in [0.2, 0.25) is 5.76 Å². The van der Waals surface area contributed by atoms with E-state index in [4.69, 9.17) is 4.42 Å². The van der Waals surface area contributed by atoms with Crippen LogP contribution in [0.15, 0.2) is 51.9 Å². The lowest BCUT2D eigenvalue weighted by Crippen LogP contribution is -2.27. The molecule has 9 heteroatoms. The minimum atomic E-state index is -0.622. The number of amides is 2. The third-order valence-electron chi connectivity index (χ3n) is 4.87. The lowest BCUT2D eigenvalue weighted by atomic mass is 10.2. The van der Waals surface area contributed by atoms with Crippen molar-refractivity contribution in [2.75, 3.05) is 7.11 Å². The van der Waals surface area contributed by atoms with Gasteiger partial charge >= 0.3 is 5.97 Å². The van der Waals surface area contributed by atoms with Crippen molar-refractivity contribution >= 4 is 35.0 Å². The van der Waals surface area contributed by atoms with E-state index in [1.807, 2.05) is 42.7 Å². The van der Waals surface area contributed by atoms with Crippen molar-refractivity contribution in [1.82, 2.24) is 14.5 Å². The summed E-state index contributed by atoms with van der Waals surface area (Å²) in [7, 11) is 1.25. The molecule has 158 valence electrons. The minimum absolute atomic E-state index is 0.0157. The maximum Gasteiger partial charge on any atom is 0.373 e. The Morgan fingerprint density at radius 3 is 2.74 bits per heavy atom. The van der Waals surface area contributed by atoms with Crippen LogP contribution in [0.4, 0.5) is 4.79 Å². The number of furan rings is 1. The Hall–Kier alpha value is -3.59. The Labute approximate surface area is 182 Å². The van der Waals surface area contributed by atoms with E-state index in [9.17, 15) is 14.4 Å². The highest BCUT2D eigenvalue weighted by Gasteiger charge is 2.36. The number of pyridine rings is 1. The summed E-state index contributed by atoms with van der Waals surface area (Å²) in [5.74, 6) is 0.0842. The van der Waals surface area contributed by atoms with Crippen LogP contribution in [-0.4, -0.2) is 38.7 Å². The molecule has 1 saturated heterocycles. The summed E-state index contributed by atoms with van der Waals surface area (Å²) in [5, 5.41) is -0.397. The molecule has 1 aliphatic heterocycles. The highest BCUT2D eigenvalue weighted by atomic mass is 32.2. The molecule has 3 aromatic heterocycles. The molecule has 0 aromatic carbocycles. The predicted octanol–water partition coefficient (Wildman–Crippen LogP) is 4.11. The van der Waals surface area contributed by atoms with Crippen LogP contribution in [0.25, 0.3) is 11.9 Å². The summed E-state index contributed by atoms with van der Waals surface area (Å²) >= 11 is 0.873. The molecule has 3 aromatic rings. The average molecular weight is 437 g/mol. The summed E-state index contributed by atoms with van der Waals surface area (Å²) < 4.78 is 12.0. The topological polar surface area (TPSA) is 94.6 Å². The second kappa shape index (κ2) is 8.27. The van der Waals surface area contributed by atoms with Gasteiger partial charge in [-0.05, 0) is 67.6 Å². The third-order valence-corrected chi connectivity index (χ3v) is 5.78. The molecule has 0 spiro atoms. The van der Waals surface area contributed by atoms with E-state index in [0.717, 1.165) is 39.4 Å². The predicted molar refractivity (Wildman–Crippen MR) is 115 cm³/mol. The van der Waals surface area contributed by atoms with Gasteiger partial charge in [0.25, 0.3) is 11.1 Å². The number of imide groups is 1. The number of ether oxygens (including phenoxy) is 1. The second-order valence-corrected chi connectivity index (χ2v) is 7.87. The molecule has 0 unspecified atom stereocenters. The largest absolute Gasteiger partial charge is 0.463 e. The van der Waals surface area contributed by atoms with Crippen molar-refractivity contribution in [3.63, 3.8) is 0 Å². The lowest BCUT2D eigenvalue weighted by Gasteiger charge is -2.10. The van der Waals surface area contributed by atoms with Gasteiger partial charge in [0.05, 0.1) is 18.6 Å². The van der Waals surface area contributed by atoms with Gasteiger partial charge in [-0.15, -0.1) is 0 Å². The number of aryl methyl sites for hydroxylation is 1. The van der Waals surface area contributed by atoms with Crippen LogP contribution in [0.3, 0.4) is 0 Å². The lowest BCUT2D eigenvalue weighted by molar-refractivity contribution is -0.123. The number of carbonyl (C=O) groups is 3. The molecule has 0 radical (unpaired) electrons. The van der Waals surface area contributed by atoms with E-state index in [2.05, 4.69) is 9.72 Å². The highest BCUT2D eigenvalue weighted by Crippen LogP contribution is 2.34. The first kappa shape index (κ1) is 20.7. The molecular weight excluding hydrogens is 418 g/mol. The molecule has 0 bridgehead atoms. The fraction of sp³-hybridized carbons (Fsp3) is 0.182. The molecule has 1 aliphatic rings. The van der Waals surface area contributed by atoms with Crippen molar-refractivity contribution in [3.05, 3.63) is 76.0 Å².